The zero-order chi connectivity index (χ0) is 17.6. The highest BCUT2D eigenvalue weighted by atomic mass is 31.2. The molecule has 0 saturated carbocycles. The smallest absolute Gasteiger partial charge is 0.312 e. The number of likely N-dealkylation sites (tertiary alicyclic amines) is 1. The van der Waals surface area contributed by atoms with Crippen LogP contribution in [-0.4, -0.2) is 71.9 Å². The summed E-state index contributed by atoms with van der Waals surface area (Å²) in [5, 5.41) is 5.99. The van der Waals surface area contributed by atoms with Crippen molar-refractivity contribution in [3.63, 3.8) is 0 Å². The van der Waals surface area contributed by atoms with Crippen molar-refractivity contribution >= 4 is 15.6 Å². The second-order valence-corrected chi connectivity index (χ2v) is 8.47. The van der Waals surface area contributed by atoms with Gasteiger partial charge in [0.25, 0.3) is 0 Å². The topological polar surface area (TPSA) is 150 Å². The van der Waals surface area contributed by atoms with E-state index in [1.165, 1.54) is 0 Å². The van der Waals surface area contributed by atoms with Gasteiger partial charge in [-0.1, -0.05) is 0 Å². The lowest BCUT2D eigenvalue weighted by Crippen LogP contribution is -2.49. The zero-order valence-corrected chi connectivity index (χ0v) is 15.0. The van der Waals surface area contributed by atoms with Crippen molar-refractivity contribution < 1.29 is 37.4 Å². The van der Waals surface area contributed by atoms with Crippen molar-refractivity contribution in [3.05, 3.63) is 0 Å². The molecular formula is C11H25N3O8P2. The first kappa shape index (κ1) is 20.4. The number of piperazine rings is 1. The molecule has 2 heterocycles. The first-order valence-electron chi connectivity index (χ1n) is 7.76. The molecule has 2 aliphatic rings. The molecule has 2 rings (SSSR count). The molecule has 2 saturated heterocycles. The minimum absolute atomic E-state index is 0.0222. The molecule has 0 amide bonds. The molecule has 3 unspecified atom stereocenters. The van der Waals surface area contributed by atoms with Crippen LogP contribution in [0.2, 0.25) is 0 Å². The van der Waals surface area contributed by atoms with E-state index in [0.29, 0.717) is 32.6 Å². The van der Waals surface area contributed by atoms with Crippen LogP contribution in [-0.2, 0) is 22.7 Å². The summed E-state index contributed by atoms with van der Waals surface area (Å²) in [5.41, 5.74) is 0. The van der Waals surface area contributed by atoms with Gasteiger partial charge in [-0.05, 0) is 18.8 Å². The van der Waals surface area contributed by atoms with Gasteiger partial charge in [0.1, 0.15) is 13.0 Å². The van der Waals surface area contributed by atoms with Crippen LogP contribution in [0.5, 0.6) is 0 Å². The molecule has 142 valence electrons. The quantitative estimate of drug-likeness (QED) is 0.322. The van der Waals surface area contributed by atoms with Crippen LogP contribution < -0.4 is 10.6 Å². The second-order valence-electron chi connectivity index (χ2n) is 5.82. The molecule has 0 aliphatic carbocycles. The fourth-order valence-corrected chi connectivity index (χ4v) is 3.84. The lowest BCUT2D eigenvalue weighted by Gasteiger charge is -2.26. The van der Waals surface area contributed by atoms with Crippen molar-refractivity contribution in [1.82, 2.24) is 15.5 Å². The number of rotatable bonds is 9. The maximum atomic E-state index is 11.9. The molecule has 0 aromatic rings. The molecule has 13 heteroatoms. The van der Waals surface area contributed by atoms with Crippen molar-refractivity contribution in [2.45, 2.75) is 19.1 Å². The molecule has 0 spiro atoms. The van der Waals surface area contributed by atoms with E-state index in [1.54, 1.807) is 0 Å². The fourth-order valence-electron chi connectivity index (χ4n) is 2.65. The summed E-state index contributed by atoms with van der Waals surface area (Å²) >= 11 is 0. The number of hydrogen-bond donors (Lipinski definition) is 5. The second kappa shape index (κ2) is 9.16. The molecule has 0 radical (unpaired) electrons. The summed E-state index contributed by atoms with van der Waals surface area (Å²) in [6, 6.07) is 0. The van der Waals surface area contributed by atoms with Crippen molar-refractivity contribution in [1.29, 1.82) is 0 Å². The normalized spacial score (nSPS) is 28.8. The Labute approximate surface area is 140 Å². The number of phosphoric ester groups is 2. The van der Waals surface area contributed by atoms with Gasteiger partial charge in [0.15, 0.2) is 0 Å². The monoisotopic (exact) mass is 389 g/mol. The molecule has 2 aliphatic heterocycles. The summed E-state index contributed by atoms with van der Waals surface area (Å²) in [4.78, 5) is 28.8. The van der Waals surface area contributed by atoms with Gasteiger partial charge in [0.05, 0.1) is 6.61 Å². The highest BCUT2D eigenvalue weighted by molar-refractivity contribution is 7.47. The van der Waals surface area contributed by atoms with Crippen molar-refractivity contribution in [2.75, 3.05) is 46.1 Å². The Bertz CT molecular complexity index is 484. The maximum Gasteiger partial charge on any atom is 0.475 e. The molecule has 0 aromatic carbocycles. The van der Waals surface area contributed by atoms with E-state index in [1.807, 2.05) is 4.90 Å². The summed E-state index contributed by atoms with van der Waals surface area (Å²) in [7, 11) is -8.57. The maximum absolute atomic E-state index is 11.9. The summed E-state index contributed by atoms with van der Waals surface area (Å²) in [5.74, 6) is 0.198. The average Bonchev–Trinajstić information content (AvgIpc) is 2.93. The Morgan fingerprint density at radius 2 is 1.96 bits per heavy atom. The molecule has 11 nitrogen and oxygen atoms in total. The molecule has 3 atom stereocenters. The van der Waals surface area contributed by atoms with Crippen LogP contribution in [0.4, 0.5) is 0 Å². The van der Waals surface area contributed by atoms with E-state index in [2.05, 4.69) is 15.2 Å². The number of hydrogen-bond acceptors (Lipinski definition) is 8. The third kappa shape index (κ3) is 7.99. The van der Waals surface area contributed by atoms with Crippen LogP contribution in [0.1, 0.15) is 12.8 Å². The Balaban J connectivity index is 1.63. The lowest BCUT2D eigenvalue weighted by atomic mass is 10.1. The predicted molar refractivity (Wildman–Crippen MR) is 83.8 cm³/mol. The van der Waals surface area contributed by atoms with Crippen LogP contribution in [0, 0.1) is 5.92 Å². The van der Waals surface area contributed by atoms with Gasteiger partial charge in [0, 0.05) is 32.7 Å². The Hall–Kier alpha value is 0.1000. The van der Waals surface area contributed by atoms with Crippen LogP contribution in [0.25, 0.3) is 0 Å². The summed E-state index contributed by atoms with van der Waals surface area (Å²) in [6.45, 7) is 3.07. The van der Waals surface area contributed by atoms with Crippen molar-refractivity contribution in [2.24, 2.45) is 5.92 Å². The lowest BCUT2D eigenvalue weighted by molar-refractivity contribution is 0.0479. The van der Waals surface area contributed by atoms with E-state index in [9.17, 15) is 14.0 Å². The first-order valence-corrected chi connectivity index (χ1v) is 10.8. The number of nitrogens with one attached hydrogen (secondary N) is 2. The SMILES string of the molecule is O=P(O)(O)OCCC1CCN(COP(=O)(O)OC2CNCCN2)C1. The van der Waals surface area contributed by atoms with Crippen molar-refractivity contribution in [3.8, 4) is 0 Å². The summed E-state index contributed by atoms with van der Waals surface area (Å²) < 4.78 is 37.0. The standard InChI is InChI=1S/C11H25N3O8P2/c15-23(16,17)20-6-2-10-1-5-14(8-10)9-21-24(18,19)22-11-7-12-3-4-13-11/h10-13H,1-9H2,(H,18,19)(H2,15,16,17). The van der Waals surface area contributed by atoms with Gasteiger partial charge in [-0.3, -0.25) is 23.8 Å². The Kier molecular flexibility index (Phi) is 7.79. The third-order valence-corrected chi connectivity index (χ3v) is 5.30. The zero-order valence-electron chi connectivity index (χ0n) is 13.2. The average molecular weight is 389 g/mol. The predicted octanol–water partition coefficient (Wildman–Crippen LogP) is -0.582. The van der Waals surface area contributed by atoms with E-state index >= 15 is 0 Å². The van der Waals surface area contributed by atoms with Crippen LogP contribution in [0.15, 0.2) is 0 Å². The molecule has 5 N–H and O–H groups in total. The van der Waals surface area contributed by atoms with E-state index < -0.39 is 21.9 Å². The first-order chi connectivity index (χ1) is 11.2. The van der Waals surface area contributed by atoms with E-state index in [4.69, 9.17) is 18.8 Å². The van der Waals surface area contributed by atoms with Gasteiger partial charge in [-0.15, -0.1) is 0 Å². The highest BCUT2D eigenvalue weighted by Crippen LogP contribution is 2.44. The largest absolute Gasteiger partial charge is 0.475 e. The minimum atomic E-state index is -4.43. The minimum Gasteiger partial charge on any atom is -0.312 e. The van der Waals surface area contributed by atoms with Crippen LogP contribution in [0.3, 0.4) is 0 Å². The van der Waals surface area contributed by atoms with E-state index in [0.717, 1.165) is 13.0 Å². The van der Waals surface area contributed by atoms with Gasteiger partial charge in [-0.25, -0.2) is 9.13 Å². The fraction of sp³-hybridized carbons (Fsp3) is 1.00. The number of phosphoric acid groups is 2. The van der Waals surface area contributed by atoms with Gasteiger partial charge >= 0.3 is 15.6 Å². The van der Waals surface area contributed by atoms with Gasteiger partial charge < -0.3 is 20.0 Å². The molecule has 24 heavy (non-hydrogen) atoms. The van der Waals surface area contributed by atoms with Gasteiger partial charge in [-0.2, -0.15) is 0 Å². The third-order valence-electron chi connectivity index (χ3n) is 3.82. The van der Waals surface area contributed by atoms with Crippen LogP contribution >= 0.6 is 15.6 Å². The molecule has 2 fully saturated rings. The Morgan fingerprint density at radius 1 is 1.17 bits per heavy atom. The van der Waals surface area contributed by atoms with Gasteiger partial charge in [0.2, 0.25) is 0 Å². The molecule has 0 bridgehead atoms. The molecular weight excluding hydrogens is 364 g/mol. The highest BCUT2D eigenvalue weighted by Gasteiger charge is 2.30. The molecule has 0 aromatic heterocycles. The summed E-state index contributed by atoms with van der Waals surface area (Å²) in [6.07, 6.45) is 0.746. The Morgan fingerprint density at radius 3 is 2.62 bits per heavy atom. The van der Waals surface area contributed by atoms with E-state index in [-0.39, 0.29) is 19.3 Å². The number of nitrogens with zero attached hydrogens (tertiary/aromatic N) is 1.